The van der Waals surface area contributed by atoms with Crippen molar-refractivity contribution in [3.63, 3.8) is 0 Å². The van der Waals surface area contributed by atoms with E-state index in [0.717, 1.165) is 0 Å². The van der Waals surface area contributed by atoms with Crippen LogP contribution in [0.5, 0.6) is 5.75 Å². The summed E-state index contributed by atoms with van der Waals surface area (Å²) in [7, 11) is 0. The first-order valence-corrected chi connectivity index (χ1v) is 5.28. The molecule has 0 fully saturated rings. The van der Waals surface area contributed by atoms with Gasteiger partial charge in [0.05, 0.1) is 17.4 Å². The Morgan fingerprint density at radius 1 is 1.59 bits per heavy atom. The number of amidine groups is 1. The van der Waals surface area contributed by atoms with E-state index < -0.39 is 4.92 Å². The maximum Gasteiger partial charge on any atom is 0.311 e. The molecule has 0 heterocycles. The molecular formula is C10H12ClN3O3. The number of ether oxygens (including phenoxy) is 1. The van der Waals surface area contributed by atoms with Gasteiger partial charge in [-0.05, 0) is 12.5 Å². The third-order valence-corrected chi connectivity index (χ3v) is 2.20. The molecule has 0 aromatic heterocycles. The second-order valence-corrected chi connectivity index (χ2v) is 3.78. The van der Waals surface area contributed by atoms with Gasteiger partial charge >= 0.3 is 5.69 Å². The van der Waals surface area contributed by atoms with Gasteiger partial charge in [-0.15, -0.1) is 0 Å². The quantitative estimate of drug-likeness (QED) is 0.268. The number of nitrogens with one attached hydrogen (secondary N) is 1. The van der Waals surface area contributed by atoms with Crippen LogP contribution in [-0.2, 0) is 0 Å². The van der Waals surface area contributed by atoms with Crippen LogP contribution in [-0.4, -0.2) is 17.4 Å². The molecule has 0 atom stereocenters. The van der Waals surface area contributed by atoms with Crippen molar-refractivity contribution in [2.45, 2.75) is 12.8 Å². The minimum atomic E-state index is -0.531. The Bertz CT molecular complexity index is 437. The van der Waals surface area contributed by atoms with Crippen molar-refractivity contribution in [3.8, 4) is 5.75 Å². The van der Waals surface area contributed by atoms with E-state index in [1.165, 1.54) is 18.2 Å². The van der Waals surface area contributed by atoms with E-state index in [0.29, 0.717) is 17.9 Å². The van der Waals surface area contributed by atoms with Gasteiger partial charge in [0, 0.05) is 23.6 Å². The molecule has 0 bridgehead atoms. The molecule has 92 valence electrons. The number of nitro benzene ring substituents is 1. The summed E-state index contributed by atoms with van der Waals surface area (Å²) in [6, 6.07) is 4.12. The first-order chi connectivity index (χ1) is 8.00. The van der Waals surface area contributed by atoms with E-state index in [-0.39, 0.29) is 23.9 Å². The summed E-state index contributed by atoms with van der Waals surface area (Å²) in [5, 5.41) is 18.1. The Morgan fingerprint density at radius 2 is 2.29 bits per heavy atom. The van der Waals surface area contributed by atoms with Crippen molar-refractivity contribution < 1.29 is 9.66 Å². The third-order valence-electron chi connectivity index (χ3n) is 1.97. The van der Waals surface area contributed by atoms with E-state index in [4.69, 9.17) is 27.5 Å². The molecule has 0 unspecified atom stereocenters. The normalized spacial score (nSPS) is 9.94. The molecule has 0 amide bonds. The first kappa shape index (κ1) is 13.2. The number of nitrogens with zero attached hydrogens (tertiary/aromatic N) is 1. The van der Waals surface area contributed by atoms with Crippen LogP contribution in [0.25, 0.3) is 0 Å². The molecule has 0 spiro atoms. The van der Waals surface area contributed by atoms with Crippen LogP contribution in [0, 0.1) is 15.5 Å². The zero-order valence-corrected chi connectivity index (χ0v) is 9.74. The van der Waals surface area contributed by atoms with Crippen LogP contribution < -0.4 is 10.5 Å². The van der Waals surface area contributed by atoms with Gasteiger partial charge in [0.15, 0.2) is 5.75 Å². The maximum atomic E-state index is 10.7. The molecule has 7 heteroatoms. The van der Waals surface area contributed by atoms with Crippen LogP contribution in [0.15, 0.2) is 18.2 Å². The Hall–Kier alpha value is -1.82. The molecule has 0 saturated carbocycles. The zero-order chi connectivity index (χ0) is 12.8. The lowest BCUT2D eigenvalue weighted by Gasteiger charge is -2.06. The van der Waals surface area contributed by atoms with Gasteiger partial charge in [-0.25, -0.2) is 0 Å². The number of hydrogen-bond acceptors (Lipinski definition) is 4. The van der Waals surface area contributed by atoms with Crippen LogP contribution in [0.2, 0.25) is 5.02 Å². The fraction of sp³-hybridized carbons (Fsp3) is 0.300. The van der Waals surface area contributed by atoms with E-state index in [1.807, 2.05) is 0 Å². The highest BCUT2D eigenvalue weighted by Gasteiger charge is 2.14. The molecule has 0 aliphatic rings. The summed E-state index contributed by atoms with van der Waals surface area (Å²) in [4.78, 5) is 10.2. The molecule has 1 aromatic carbocycles. The van der Waals surface area contributed by atoms with Crippen molar-refractivity contribution in [2.24, 2.45) is 5.73 Å². The maximum absolute atomic E-state index is 10.7. The predicted octanol–water partition coefficient (Wildman–Crippen LogP) is 2.34. The standard InChI is InChI=1S/C10H12ClN3O3/c11-7-3-4-8(14(15)16)9(6-7)17-5-1-2-10(12)13/h3-4,6H,1-2,5H2,(H3,12,13). The molecule has 1 aromatic rings. The second kappa shape index (κ2) is 6.05. The smallest absolute Gasteiger partial charge is 0.311 e. The van der Waals surface area contributed by atoms with Gasteiger partial charge in [0.25, 0.3) is 0 Å². The van der Waals surface area contributed by atoms with Crippen LogP contribution >= 0.6 is 11.6 Å². The average molecular weight is 258 g/mol. The lowest BCUT2D eigenvalue weighted by molar-refractivity contribution is -0.385. The average Bonchev–Trinajstić information content (AvgIpc) is 2.23. The zero-order valence-electron chi connectivity index (χ0n) is 8.98. The summed E-state index contributed by atoms with van der Waals surface area (Å²) >= 11 is 5.73. The summed E-state index contributed by atoms with van der Waals surface area (Å²) in [5.41, 5.74) is 5.04. The molecule has 0 aliphatic carbocycles. The lowest BCUT2D eigenvalue weighted by atomic mass is 10.3. The van der Waals surface area contributed by atoms with E-state index in [9.17, 15) is 10.1 Å². The molecule has 6 nitrogen and oxygen atoms in total. The molecule has 0 radical (unpaired) electrons. The first-order valence-electron chi connectivity index (χ1n) is 4.90. The molecule has 0 aliphatic heterocycles. The number of benzene rings is 1. The Morgan fingerprint density at radius 3 is 2.88 bits per heavy atom. The highest BCUT2D eigenvalue weighted by atomic mass is 35.5. The Kier molecular flexibility index (Phi) is 4.71. The fourth-order valence-corrected chi connectivity index (χ4v) is 1.36. The molecule has 17 heavy (non-hydrogen) atoms. The highest BCUT2D eigenvalue weighted by Crippen LogP contribution is 2.29. The molecule has 0 saturated heterocycles. The summed E-state index contributed by atoms with van der Waals surface area (Å²) in [6.07, 6.45) is 0.924. The van der Waals surface area contributed by atoms with Gasteiger partial charge in [-0.3, -0.25) is 15.5 Å². The van der Waals surface area contributed by atoms with E-state index in [2.05, 4.69) is 0 Å². The van der Waals surface area contributed by atoms with Gasteiger partial charge in [0.1, 0.15) is 0 Å². The Labute approximate surface area is 103 Å². The number of nitro groups is 1. The van der Waals surface area contributed by atoms with Crippen LogP contribution in [0.3, 0.4) is 0 Å². The van der Waals surface area contributed by atoms with Crippen LogP contribution in [0.4, 0.5) is 5.69 Å². The van der Waals surface area contributed by atoms with Gasteiger partial charge < -0.3 is 10.5 Å². The minimum Gasteiger partial charge on any atom is -0.487 e. The van der Waals surface area contributed by atoms with E-state index in [1.54, 1.807) is 0 Å². The SMILES string of the molecule is N=C(N)CCCOc1cc(Cl)ccc1[N+](=O)[O-]. The molecular weight excluding hydrogens is 246 g/mol. The third kappa shape index (κ3) is 4.28. The largest absolute Gasteiger partial charge is 0.487 e. The van der Waals surface area contributed by atoms with Crippen LogP contribution in [0.1, 0.15) is 12.8 Å². The predicted molar refractivity (Wildman–Crippen MR) is 64.7 cm³/mol. The summed E-state index contributed by atoms with van der Waals surface area (Å²) in [5.74, 6) is 0.195. The molecule has 1 rings (SSSR count). The summed E-state index contributed by atoms with van der Waals surface area (Å²) < 4.78 is 5.25. The van der Waals surface area contributed by atoms with Gasteiger partial charge in [0.2, 0.25) is 0 Å². The van der Waals surface area contributed by atoms with Crippen molar-refractivity contribution in [1.29, 1.82) is 5.41 Å². The van der Waals surface area contributed by atoms with Crippen molar-refractivity contribution in [3.05, 3.63) is 33.3 Å². The lowest BCUT2D eigenvalue weighted by Crippen LogP contribution is -2.11. The van der Waals surface area contributed by atoms with Crippen molar-refractivity contribution in [1.82, 2.24) is 0 Å². The minimum absolute atomic E-state index is 0.0641. The fourth-order valence-electron chi connectivity index (χ4n) is 1.20. The number of halogens is 1. The topological polar surface area (TPSA) is 102 Å². The monoisotopic (exact) mass is 257 g/mol. The molecule has 3 N–H and O–H groups in total. The number of hydrogen-bond donors (Lipinski definition) is 2. The van der Waals surface area contributed by atoms with Crippen molar-refractivity contribution >= 4 is 23.1 Å². The van der Waals surface area contributed by atoms with Crippen molar-refractivity contribution in [2.75, 3.05) is 6.61 Å². The Balaban J connectivity index is 2.65. The second-order valence-electron chi connectivity index (χ2n) is 3.35. The van der Waals surface area contributed by atoms with E-state index >= 15 is 0 Å². The van der Waals surface area contributed by atoms with Gasteiger partial charge in [-0.2, -0.15) is 0 Å². The number of rotatable bonds is 6. The number of nitrogens with two attached hydrogens (primary N) is 1. The highest BCUT2D eigenvalue weighted by molar-refractivity contribution is 6.30. The van der Waals surface area contributed by atoms with Gasteiger partial charge in [-0.1, -0.05) is 11.6 Å². The summed E-state index contributed by atoms with van der Waals surface area (Å²) in [6.45, 7) is 0.251.